The largest absolute Gasteiger partial charge is 0.494 e. The molecule has 2 aromatic rings. The van der Waals surface area contributed by atoms with Crippen LogP contribution in [-0.4, -0.2) is 18.4 Å². The number of amides is 2. The van der Waals surface area contributed by atoms with Crippen molar-refractivity contribution >= 4 is 11.8 Å². The zero-order valence-corrected chi connectivity index (χ0v) is 15.5. The molecule has 0 aliphatic heterocycles. The molecule has 0 heterocycles. The first-order valence-corrected chi connectivity index (χ1v) is 8.81. The number of ether oxygens (including phenoxy) is 1. The van der Waals surface area contributed by atoms with E-state index in [4.69, 9.17) is 4.74 Å². The van der Waals surface area contributed by atoms with Crippen LogP contribution >= 0.6 is 0 Å². The number of hydrogen-bond donors (Lipinski definition) is 2. The lowest BCUT2D eigenvalue weighted by Crippen LogP contribution is -2.42. The lowest BCUT2D eigenvalue weighted by molar-refractivity contribution is -0.121. The Kier molecular flexibility index (Phi) is 7.21. The van der Waals surface area contributed by atoms with E-state index >= 15 is 0 Å². The van der Waals surface area contributed by atoms with Crippen molar-refractivity contribution in [2.24, 2.45) is 5.92 Å². The van der Waals surface area contributed by atoms with Gasteiger partial charge in [0.15, 0.2) is 0 Å². The molecule has 2 aromatic carbocycles. The molecule has 26 heavy (non-hydrogen) atoms. The van der Waals surface area contributed by atoms with Crippen molar-refractivity contribution in [2.75, 3.05) is 6.61 Å². The fourth-order valence-electron chi connectivity index (χ4n) is 2.25. The Bertz CT molecular complexity index is 722. The topological polar surface area (TPSA) is 67.4 Å². The Hall–Kier alpha value is -2.82. The molecule has 0 radical (unpaired) electrons. The summed E-state index contributed by atoms with van der Waals surface area (Å²) in [6, 6.07) is 14.5. The quantitative estimate of drug-likeness (QED) is 0.749. The SMILES string of the molecule is Cc1ccc(CC(=O)NNC(=O)c2ccc(OCCC(C)C)cc2)cc1. The van der Waals surface area contributed by atoms with Gasteiger partial charge in [-0.15, -0.1) is 0 Å². The number of hydrazine groups is 1. The number of carbonyl (C=O) groups is 2. The molecular weight excluding hydrogens is 328 g/mol. The summed E-state index contributed by atoms with van der Waals surface area (Å²) in [7, 11) is 0. The first-order valence-electron chi connectivity index (χ1n) is 8.81. The fourth-order valence-corrected chi connectivity index (χ4v) is 2.25. The molecule has 0 bridgehead atoms. The maximum atomic E-state index is 12.1. The number of aryl methyl sites for hydroxylation is 1. The molecular formula is C21H26N2O3. The van der Waals surface area contributed by atoms with Gasteiger partial charge in [0.05, 0.1) is 13.0 Å². The monoisotopic (exact) mass is 354 g/mol. The van der Waals surface area contributed by atoms with Gasteiger partial charge in [0, 0.05) is 5.56 Å². The summed E-state index contributed by atoms with van der Waals surface area (Å²) in [5.74, 6) is 0.681. The molecule has 2 rings (SSSR count). The van der Waals surface area contributed by atoms with E-state index in [9.17, 15) is 9.59 Å². The Morgan fingerprint density at radius 2 is 1.62 bits per heavy atom. The van der Waals surface area contributed by atoms with E-state index < -0.39 is 0 Å². The van der Waals surface area contributed by atoms with Crippen LogP contribution in [0.25, 0.3) is 0 Å². The minimum atomic E-state index is -0.365. The third-order valence-electron chi connectivity index (χ3n) is 3.88. The van der Waals surface area contributed by atoms with Crippen LogP contribution < -0.4 is 15.6 Å². The van der Waals surface area contributed by atoms with E-state index in [1.165, 1.54) is 0 Å². The van der Waals surface area contributed by atoms with E-state index in [0.29, 0.717) is 18.1 Å². The lowest BCUT2D eigenvalue weighted by Gasteiger charge is -2.10. The summed E-state index contributed by atoms with van der Waals surface area (Å²) in [6.07, 6.45) is 1.19. The van der Waals surface area contributed by atoms with Crippen LogP contribution in [0.15, 0.2) is 48.5 Å². The van der Waals surface area contributed by atoms with Crippen molar-refractivity contribution in [2.45, 2.75) is 33.6 Å². The molecule has 0 unspecified atom stereocenters. The van der Waals surface area contributed by atoms with Crippen molar-refractivity contribution in [3.63, 3.8) is 0 Å². The van der Waals surface area contributed by atoms with E-state index in [0.717, 1.165) is 23.3 Å². The lowest BCUT2D eigenvalue weighted by atomic mass is 10.1. The van der Waals surface area contributed by atoms with Gasteiger partial charge in [-0.2, -0.15) is 0 Å². The highest BCUT2D eigenvalue weighted by Gasteiger charge is 2.08. The maximum absolute atomic E-state index is 12.1. The van der Waals surface area contributed by atoms with Crippen molar-refractivity contribution in [1.82, 2.24) is 10.9 Å². The highest BCUT2D eigenvalue weighted by Crippen LogP contribution is 2.13. The van der Waals surface area contributed by atoms with E-state index in [2.05, 4.69) is 24.7 Å². The first kappa shape index (κ1) is 19.5. The van der Waals surface area contributed by atoms with E-state index in [1.54, 1.807) is 24.3 Å². The summed E-state index contributed by atoms with van der Waals surface area (Å²) in [6.45, 7) is 6.93. The summed E-state index contributed by atoms with van der Waals surface area (Å²) < 4.78 is 5.62. The molecule has 0 atom stereocenters. The second-order valence-corrected chi connectivity index (χ2v) is 6.72. The molecule has 0 aliphatic rings. The van der Waals surface area contributed by atoms with Gasteiger partial charge in [0.1, 0.15) is 5.75 Å². The zero-order chi connectivity index (χ0) is 18.9. The second-order valence-electron chi connectivity index (χ2n) is 6.72. The Morgan fingerprint density at radius 3 is 2.23 bits per heavy atom. The van der Waals surface area contributed by atoms with Crippen LogP contribution in [0.4, 0.5) is 0 Å². The highest BCUT2D eigenvalue weighted by atomic mass is 16.5. The highest BCUT2D eigenvalue weighted by molar-refractivity contribution is 5.95. The van der Waals surface area contributed by atoms with Crippen LogP contribution in [0, 0.1) is 12.8 Å². The predicted octanol–water partition coefficient (Wildman–Crippen LogP) is 3.42. The normalized spacial score (nSPS) is 10.5. The molecule has 5 nitrogen and oxygen atoms in total. The van der Waals surface area contributed by atoms with Gasteiger partial charge in [-0.05, 0) is 49.1 Å². The van der Waals surface area contributed by atoms with Crippen molar-refractivity contribution < 1.29 is 14.3 Å². The van der Waals surface area contributed by atoms with E-state index in [1.807, 2.05) is 31.2 Å². The summed E-state index contributed by atoms with van der Waals surface area (Å²) in [4.78, 5) is 24.0. The Morgan fingerprint density at radius 1 is 0.962 bits per heavy atom. The molecule has 2 amide bonds. The molecule has 5 heteroatoms. The van der Waals surface area contributed by atoms with Crippen LogP contribution in [-0.2, 0) is 11.2 Å². The minimum Gasteiger partial charge on any atom is -0.494 e. The van der Waals surface area contributed by atoms with Gasteiger partial charge in [0.2, 0.25) is 5.91 Å². The number of hydrogen-bond acceptors (Lipinski definition) is 3. The van der Waals surface area contributed by atoms with Crippen LogP contribution in [0.1, 0.15) is 41.8 Å². The molecule has 138 valence electrons. The average molecular weight is 354 g/mol. The molecule has 0 aliphatic carbocycles. The molecule has 0 aromatic heterocycles. The van der Waals surface area contributed by atoms with E-state index in [-0.39, 0.29) is 18.2 Å². The van der Waals surface area contributed by atoms with Crippen molar-refractivity contribution in [3.8, 4) is 5.75 Å². The van der Waals surface area contributed by atoms with Gasteiger partial charge in [-0.3, -0.25) is 20.4 Å². The molecule has 0 saturated heterocycles. The van der Waals surface area contributed by atoms with Crippen LogP contribution in [0.2, 0.25) is 0 Å². The smallest absolute Gasteiger partial charge is 0.269 e. The van der Waals surface area contributed by atoms with Gasteiger partial charge < -0.3 is 4.74 Å². The zero-order valence-electron chi connectivity index (χ0n) is 15.5. The van der Waals surface area contributed by atoms with Crippen molar-refractivity contribution in [1.29, 1.82) is 0 Å². The predicted molar refractivity (Wildman–Crippen MR) is 102 cm³/mol. The summed E-state index contributed by atoms with van der Waals surface area (Å²) in [5, 5.41) is 0. The molecule has 0 spiro atoms. The van der Waals surface area contributed by atoms with Crippen molar-refractivity contribution in [3.05, 3.63) is 65.2 Å². The molecule has 0 fully saturated rings. The Balaban J connectivity index is 1.78. The second kappa shape index (κ2) is 9.61. The van der Waals surface area contributed by atoms with Gasteiger partial charge >= 0.3 is 0 Å². The first-order chi connectivity index (χ1) is 12.4. The average Bonchev–Trinajstić information content (AvgIpc) is 2.62. The Labute approximate surface area is 154 Å². The summed E-state index contributed by atoms with van der Waals surface area (Å²) >= 11 is 0. The number of rotatable bonds is 7. The van der Waals surface area contributed by atoms with Gasteiger partial charge in [-0.1, -0.05) is 43.7 Å². The number of nitrogens with one attached hydrogen (secondary N) is 2. The minimum absolute atomic E-state index is 0.211. The van der Waals surface area contributed by atoms with Gasteiger partial charge in [0.25, 0.3) is 5.91 Å². The number of benzene rings is 2. The fraction of sp³-hybridized carbons (Fsp3) is 0.333. The van der Waals surface area contributed by atoms with Crippen LogP contribution in [0.3, 0.4) is 0 Å². The van der Waals surface area contributed by atoms with Crippen LogP contribution in [0.5, 0.6) is 5.75 Å². The molecule has 0 saturated carbocycles. The maximum Gasteiger partial charge on any atom is 0.269 e. The van der Waals surface area contributed by atoms with Gasteiger partial charge in [-0.25, -0.2) is 0 Å². The molecule has 2 N–H and O–H groups in total. The number of carbonyl (C=O) groups excluding carboxylic acids is 2. The standard InChI is InChI=1S/C21H26N2O3/c1-15(2)12-13-26-19-10-8-18(9-11-19)21(25)23-22-20(24)14-17-6-4-16(3)5-7-17/h4-11,15H,12-14H2,1-3H3,(H,22,24)(H,23,25). The summed E-state index contributed by atoms with van der Waals surface area (Å²) in [5.41, 5.74) is 7.35. The third kappa shape index (κ3) is 6.59. The third-order valence-corrected chi connectivity index (χ3v) is 3.88.